The molecule has 2 aromatic heterocycles. The molecule has 4 atom stereocenters. The van der Waals surface area contributed by atoms with Crippen LogP contribution in [0.2, 0.25) is 0 Å². The number of aromatic nitrogens is 4. The second-order valence-corrected chi connectivity index (χ2v) is 11.6. The lowest BCUT2D eigenvalue weighted by Gasteiger charge is -2.42. The van der Waals surface area contributed by atoms with Crippen molar-refractivity contribution in [2.75, 3.05) is 45.8 Å². The summed E-state index contributed by atoms with van der Waals surface area (Å²) in [4.78, 5) is 13.9. The highest BCUT2D eigenvalue weighted by molar-refractivity contribution is 5.83. The second kappa shape index (κ2) is 14.0. The SMILES string of the molecule is COC[C@H]1O[C@@](CNCc2ccccc2)(n2cnc3c(NCC(c4ccccc4)c4ccccc4)ncnc32)[C@@](O)(COC)[C@H]1O. The van der Waals surface area contributed by atoms with Gasteiger partial charge >= 0.3 is 0 Å². The van der Waals surface area contributed by atoms with Crippen molar-refractivity contribution in [1.29, 1.82) is 0 Å². The normalized spacial score (nSPS) is 22.9. The number of aliphatic hydroxyl groups excluding tert-OH is 1. The van der Waals surface area contributed by atoms with Gasteiger partial charge in [-0.25, -0.2) is 15.0 Å². The summed E-state index contributed by atoms with van der Waals surface area (Å²) in [7, 11) is 3.00. The second-order valence-electron chi connectivity index (χ2n) is 11.6. The Morgan fingerprint density at radius 1 is 0.891 bits per heavy atom. The molecular formula is C35H40N6O5. The summed E-state index contributed by atoms with van der Waals surface area (Å²) in [6.45, 7) is 0.987. The lowest BCUT2D eigenvalue weighted by molar-refractivity contribution is -0.209. The van der Waals surface area contributed by atoms with Crippen molar-refractivity contribution in [3.05, 3.63) is 120 Å². The average Bonchev–Trinajstić information content (AvgIpc) is 3.61. The maximum Gasteiger partial charge on any atom is 0.194 e. The molecule has 6 rings (SSSR count). The zero-order chi connectivity index (χ0) is 32.0. The molecule has 11 heteroatoms. The van der Waals surface area contributed by atoms with Crippen molar-refractivity contribution in [1.82, 2.24) is 24.8 Å². The predicted octanol–water partition coefficient (Wildman–Crippen LogP) is 3.30. The van der Waals surface area contributed by atoms with Crippen LogP contribution in [0, 0.1) is 0 Å². The molecule has 1 saturated heterocycles. The van der Waals surface area contributed by atoms with Gasteiger partial charge in [-0.15, -0.1) is 0 Å². The number of hydrogen-bond acceptors (Lipinski definition) is 10. The molecule has 3 heterocycles. The summed E-state index contributed by atoms with van der Waals surface area (Å²) >= 11 is 0. The number of hydrogen-bond donors (Lipinski definition) is 4. The molecule has 1 aliphatic heterocycles. The number of nitrogens with one attached hydrogen (secondary N) is 2. The van der Waals surface area contributed by atoms with E-state index in [0.717, 1.165) is 5.56 Å². The highest BCUT2D eigenvalue weighted by atomic mass is 16.6. The van der Waals surface area contributed by atoms with Gasteiger partial charge in [0.1, 0.15) is 18.5 Å². The molecule has 0 spiro atoms. The molecule has 0 saturated carbocycles. The molecule has 240 valence electrons. The van der Waals surface area contributed by atoms with E-state index in [0.29, 0.717) is 30.1 Å². The van der Waals surface area contributed by atoms with Crippen LogP contribution in [0.4, 0.5) is 5.82 Å². The number of methoxy groups -OCH3 is 2. The summed E-state index contributed by atoms with van der Waals surface area (Å²) < 4.78 is 19.1. The fraction of sp³-hybridized carbons (Fsp3) is 0.343. The molecule has 0 unspecified atom stereocenters. The third-order valence-electron chi connectivity index (χ3n) is 8.70. The van der Waals surface area contributed by atoms with Gasteiger partial charge in [-0.2, -0.15) is 0 Å². The molecule has 0 radical (unpaired) electrons. The van der Waals surface area contributed by atoms with Gasteiger partial charge in [0.2, 0.25) is 0 Å². The number of aliphatic hydroxyl groups is 2. The number of anilines is 1. The Labute approximate surface area is 268 Å². The number of rotatable bonds is 14. The molecule has 5 aromatic rings. The van der Waals surface area contributed by atoms with E-state index in [2.05, 4.69) is 44.9 Å². The fourth-order valence-corrected chi connectivity index (χ4v) is 6.41. The van der Waals surface area contributed by atoms with Gasteiger partial charge in [0, 0.05) is 39.8 Å². The maximum atomic E-state index is 12.3. The van der Waals surface area contributed by atoms with Crippen molar-refractivity contribution in [3.8, 4) is 0 Å². The van der Waals surface area contributed by atoms with Crippen LogP contribution in [0.1, 0.15) is 22.6 Å². The molecular weight excluding hydrogens is 584 g/mol. The first-order chi connectivity index (χ1) is 22.5. The Morgan fingerprint density at radius 2 is 1.54 bits per heavy atom. The number of imidazole rings is 1. The first-order valence-electron chi connectivity index (χ1n) is 15.3. The molecule has 1 aliphatic rings. The number of nitrogens with zero attached hydrogens (tertiary/aromatic N) is 4. The van der Waals surface area contributed by atoms with Crippen molar-refractivity contribution in [3.63, 3.8) is 0 Å². The smallest absolute Gasteiger partial charge is 0.194 e. The van der Waals surface area contributed by atoms with Crippen LogP contribution in [0.3, 0.4) is 0 Å². The van der Waals surface area contributed by atoms with E-state index in [-0.39, 0.29) is 25.7 Å². The standard InChI is InChI=1S/C35H40N6O5/c1-44-20-29-31(42)34(43,22-45-2)35(46-29,21-36-18-25-12-6-3-7-13-25)41-24-40-30-32(38-23-39-33(30)41)37-19-28(26-14-8-4-9-15-26)27-16-10-5-11-17-27/h3-17,23-24,28-29,31,36,42-43H,18-22H2,1-2H3,(H,37,38,39)/t29-,31+,34-,35-/m1/s1. The van der Waals surface area contributed by atoms with E-state index < -0.39 is 23.5 Å². The van der Waals surface area contributed by atoms with Crippen LogP contribution in [0.5, 0.6) is 0 Å². The zero-order valence-corrected chi connectivity index (χ0v) is 26.0. The third kappa shape index (κ3) is 6.01. The molecule has 4 N–H and O–H groups in total. The number of benzene rings is 3. The Hall–Kier alpha value is -4.23. The van der Waals surface area contributed by atoms with Crippen molar-refractivity contribution in [2.24, 2.45) is 0 Å². The van der Waals surface area contributed by atoms with Gasteiger partial charge in [-0.1, -0.05) is 91.0 Å². The highest BCUT2D eigenvalue weighted by Gasteiger charge is 2.66. The average molecular weight is 625 g/mol. The minimum absolute atomic E-state index is 0.0536. The quantitative estimate of drug-likeness (QED) is 0.146. The highest BCUT2D eigenvalue weighted by Crippen LogP contribution is 2.45. The summed E-state index contributed by atoms with van der Waals surface area (Å²) in [5, 5.41) is 30.7. The van der Waals surface area contributed by atoms with Gasteiger partial charge in [0.05, 0.1) is 19.5 Å². The monoisotopic (exact) mass is 624 g/mol. The van der Waals surface area contributed by atoms with E-state index >= 15 is 0 Å². The molecule has 46 heavy (non-hydrogen) atoms. The Bertz CT molecular complexity index is 1650. The molecule has 0 amide bonds. The number of fused-ring (bicyclic) bond motifs is 1. The minimum atomic E-state index is -1.90. The summed E-state index contributed by atoms with van der Waals surface area (Å²) in [5.74, 6) is 0.591. The van der Waals surface area contributed by atoms with Gasteiger partial charge < -0.3 is 35.1 Å². The first kappa shape index (κ1) is 31.7. The van der Waals surface area contributed by atoms with Gasteiger partial charge in [-0.3, -0.25) is 4.57 Å². The van der Waals surface area contributed by atoms with Gasteiger partial charge in [-0.05, 0) is 16.7 Å². The molecule has 11 nitrogen and oxygen atoms in total. The Morgan fingerprint density at radius 3 is 2.17 bits per heavy atom. The lowest BCUT2D eigenvalue weighted by Crippen LogP contribution is -2.64. The molecule has 3 aromatic carbocycles. The van der Waals surface area contributed by atoms with Crippen LogP contribution in [-0.4, -0.2) is 88.1 Å². The fourth-order valence-electron chi connectivity index (χ4n) is 6.41. The number of ether oxygens (including phenoxy) is 3. The largest absolute Gasteiger partial charge is 0.387 e. The van der Waals surface area contributed by atoms with Crippen molar-refractivity contribution < 1.29 is 24.4 Å². The topological polar surface area (TPSA) is 136 Å². The van der Waals surface area contributed by atoms with E-state index in [1.165, 1.54) is 31.7 Å². The lowest BCUT2D eigenvalue weighted by atomic mass is 9.85. The predicted molar refractivity (Wildman–Crippen MR) is 174 cm³/mol. The van der Waals surface area contributed by atoms with Crippen LogP contribution in [0.25, 0.3) is 11.2 Å². The molecule has 0 aliphatic carbocycles. The van der Waals surface area contributed by atoms with E-state index in [9.17, 15) is 10.2 Å². The van der Waals surface area contributed by atoms with Crippen LogP contribution >= 0.6 is 0 Å². The van der Waals surface area contributed by atoms with E-state index in [1.807, 2.05) is 66.7 Å². The van der Waals surface area contributed by atoms with Crippen molar-refractivity contribution >= 4 is 17.0 Å². The maximum absolute atomic E-state index is 12.3. The first-order valence-corrected chi connectivity index (χ1v) is 15.3. The Balaban J connectivity index is 1.37. The van der Waals surface area contributed by atoms with Crippen LogP contribution in [-0.2, 0) is 26.5 Å². The summed E-state index contributed by atoms with van der Waals surface area (Å²) in [6.07, 6.45) is 0.850. The van der Waals surface area contributed by atoms with E-state index in [4.69, 9.17) is 19.2 Å². The zero-order valence-electron chi connectivity index (χ0n) is 26.0. The molecule has 0 bridgehead atoms. The van der Waals surface area contributed by atoms with Crippen LogP contribution in [0.15, 0.2) is 104 Å². The Kier molecular flexibility index (Phi) is 9.69. The van der Waals surface area contributed by atoms with Gasteiger partial charge in [0.15, 0.2) is 28.3 Å². The van der Waals surface area contributed by atoms with Crippen LogP contribution < -0.4 is 10.6 Å². The summed E-state index contributed by atoms with van der Waals surface area (Å²) in [5.41, 5.74) is 0.845. The third-order valence-corrected chi connectivity index (χ3v) is 8.70. The summed E-state index contributed by atoms with van der Waals surface area (Å²) in [6, 6.07) is 30.5. The van der Waals surface area contributed by atoms with E-state index in [1.54, 1.807) is 10.9 Å². The molecule has 1 fully saturated rings. The van der Waals surface area contributed by atoms with Gasteiger partial charge in [0.25, 0.3) is 0 Å². The van der Waals surface area contributed by atoms with Crippen molar-refractivity contribution in [2.45, 2.75) is 36.0 Å². The minimum Gasteiger partial charge on any atom is -0.387 e.